The van der Waals surface area contributed by atoms with Crippen molar-refractivity contribution in [1.29, 1.82) is 0 Å². The van der Waals surface area contributed by atoms with Crippen LogP contribution >= 0.6 is 0 Å². The zero-order valence-corrected chi connectivity index (χ0v) is 64.1. The summed E-state index contributed by atoms with van der Waals surface area (Å²) in [6, 6.07) is 14.3. The van der Waals surface area contributed by atoms with Gasteiger partial charge < -0.3 is 19.7 Å². The van der Waals surface area contributed by atoms with Crippen LogP contribution in [-0.2, 0) is 47.3 Å². The Labute approximate surface area is 641 Å². The first-order chi connectivity index (χ1) is 52.8. The molecule has 0 aliphatic heterocycles. The third-order valence-electron chi connectivity index (χ3n) is 28.8. The molecule has 9 fully saturated rings. The molecule has 3 spiro atoms. The lowest BCUT2D eigenvalue weighted by Gasteiger charge is -2.38. The Balaban J connectivity index is 0.000000125. The number of benzene rings is 3. The predicted octanol–water partition coefficient (Wildman–Crippen LogP) is 26.2. The molecule has 18 heteroatoms. The number of halogens is 11. The number of aromatic nitrogens is 3. The Hall–Kier alpha value is -5.82. The summed E-state index contributed by atoms with van der Waals surface area (Å²) >= 11 is 0. The molecule has 12 aliphatic carbocycles. The predicted molar refractivity (Wildman–Crippen MR) is 403 cm³/mol. The minimum atomic E-state index is -4.46. The fraction of sp³-hybridized carbons (Fsp3) is 0.641. The summed E-state index contributed by atoms with van der Waals surface area (Å²) < 4.78 is 165. The van der Waals surface area contributed by atoms with Crippen molar-refractivity contribution in [3.63, 3.8) is 0 Å². The molecular formula is C92H110F11N3O4. The second kappa shape index (κ2) is 31.4. The molecule has 6 atom stereocenters. The summed E-state index contributed by atoms with van der Waals surface area (Å²) in [7, 11) is 3.55. The number of fused-ring (bicyclic) bond motifs is 3. The minimum absolute atomic E-state index is 0.0353. The molecule has 0 unspecified atom stereocenters. The smallest absolute Gasteiger partial charge is 0.388 e. The summed E-state index contributed by atoms with van der Waals surface area (Å²) in [5.41, 5.74) is 14.1. The zero-order valence-electron chi connectivity index (χ0n) is 64.1. The van der Waals surface area contributed by atoms with Crippen molar-refractivity contribution in [3.8, 4) is 0 Å². The highest BCUT2D eigenvalue weighted by molar-refractivity contribution is 5.55. The molecule has 0 saturated heterocycles. The van der Waals surface area contributed by atoms with Crippen LogP contribution in [0.4, 0.5) is 48.3 Å². The number of pyridine rings is 3. The van der Waals surface area contributed by atoms with Crippen molar-refractivity contribution in [2.75, 3.05) is 14.2 Å². The van der Waals surface area contributed by atoms with E-state index in [1.54, 1.807) is 14.2 Å². The van der Waals surface area contributed by atoms with Crippen LogP contribution in [-0.4, -0.2) is 39.4 Å². The monoisotopic (exact) mass is 1530 g/mol. The van der Waals surface area contributed by atoms with Gasteiger partial charge in [0.15, 0.2) is 12.3 Å². The zero-order chi connectivity index (χ0) is 76.7. The van der Waals surface area contributed by atoms with Gasteiger partial charge in [0, 0.05) is 82.4 Å². The number of ether oxygens (including phenoxy) is 2. The average molecular weight is 1530 g/mol. The van der Waals surface area contributed by atoms with Crippen LogP contribution in [0.1, 0.15) is 421 Å². The Morgan fingerprint density at radius 2 is 0.609 bits per heavy atom. The second-order valence-electron chi connectivity index (χ2n) is 36.1. The molecule has 0 bridgehead atoms. The first kappa shape index (κ1) is 78.1. The van der Waals surface area contributed by atoms with Crippen LogP contribution in [0, 0.1) is 16.2 Å². The van der Waals surface area contributed by atoms with Gasteiger partial charge in [0.2, 0.25) is 0 Å². The number of aliphatic hydroxyl groups is 2. The van der Waals surface area contributed by atoms with Crippen LogP contribution in [0.5, 0.6) is 0 Å². The summed E-state index contributed by atoms with van der Waals surface area (Å²) in [4.78, 5) is 15.8. The quantitative estimate of drug-likeness (QED) is 0.105. The molecule has 3 aromatic carbocycles. The second-order valence-corrected chi connectivity index (χ2v) is 36.1. The highest BCUT2D eigenvalue weighted by Gasteiger charge is 2.54. The first-order valence-corrected chi connectivity index (χ1v) is 42.3. The van der Waals surface area contributed by atoms with Gasteiger partial charge in [-0.05, 0) is 258 Å². The van der Waals surface area contributed by atoms with Gasteiger partial charge in [-0.25, -0.2) is 8.78 Å². The number of hydrogen-bond acceptors (Lipinski definition) is 7. The molecule has 594 valence electrons. The van der Waals surface area contributed by atoms with E-state index >= 15 is 8.78 Å². The first-order valence-electron chi connectivity index (χ1n) is 42.3. The summed E-state index contributed by atoms with van der Waals surface area (Å²) in [5.74, 6) is 1.43. The molecule has 7 nitrogen and oxygen atoms in total. The molecule has 18 rings (SSSR count). The number of alkyl halides is 11. The third kappa shape index (κ3) is 15.9. The minimum Gasteiger partial charge on any atom is -0.388 e. The largest absolute Gasteiger partial charge is 0.416 e. The number of hydrogen-bond donors (Lipinski definition) is 2. The molecule has 110 heavy (non-hydrogen) atoms. The van der Waals surface area contributed by atoms with E-state index in [2.05, 4.69) is 0 Å². The standard InChI is InChI=1S/C31H37F4NO.C31H38F3NO2.C30H35F4NO/c1-37-24-18-30(15-16-30)17-23-26(24)25(19-7-3-2-4-8-19)27(29(36-23)21-9-5-6-10-21)28(32)20-11-13-22(14-12-20)31(33,34)35;1-37-24-18-30(15-16-30)17-23-26(24)25(19-7-3-2-4-8-19)27(28(35-23)20-9-5-6-10-20)29(36)21-11-13-22(14-12-21)31(32,33)34;31-27(19-10-12-21(13-11-19)30(32,33)34)26-24(18-6-2-1-3-7-18)25-22(16-29(14-15-29)17-23(25)36)35-28(26)20-8-4-5-9-20/h11-14,19,21,24,28H,2-10,15-18H2,1H3;11-14,19-20,24,29,36H,2-10,15-18H2,1H3;10-13,18,20,23,27,36H,1-9,14-17H2/t24-,28-;24-,29-;23-,27-/m000/s1. The van der Waals surface area contributed by atoms with Gasteiger partial charge in [0.1, 0.15) is 6.10 Å². The molecule has 2 N–H and O–H groups in total. The SMILES string of the molecule is CO[C@H]1CC2(CC2)Cc2nc(C3CCCC3)c([C@@H](F)c3ccc(C(F)(F)F)cc3)c(C3CCCCC3)c21.CO[C@H]1CC2(CC2)Cc2nc(C3CCCC3)c([C@@H](O)c3ccc(C(F)(F)F)cc3)c(C3CCCCC3)c21.O[C@H]1CC2(CC2)Cc2nc(C3CCCC3)c([C@@H](F)c3ccc(C(F)(F)F)cc3)c(C3CCCCC3)c21. The molecular weight excluding hydrogens is 1420 g/mol. The number of aliphatic hydroxyl groups excluding tert-OH is 2. The molecule has 6 aromatic rings. The highest BCUT2D eigenvalue weighted by atomic mass is 19.4. The van der Waals surface area contributed by atoms with Gasteiger partial charge in [-0.1, -0.05) is 133 Å². The van der Waals surface area contributed by atoms with Crippen molar-refractivity contribution in [1.82, 2.24) is 15.0 Å². The lowest BCUT2D eigenvalue weighted by Crippen LogP contribution is -2.28. The Bertz CT molecular complexity index is 4040. The van der Waals surface area contributed by atoms with Crippen molar-refractivity contribution in [3.05, 3.63) is 190 Å². The normalized spacial score (nSPS) is 25.0. The summed E-state index contributed by atoms with van der Waals surface area (Å²) in [6.07, 6.45) is 23.6. The fourth-order valence-electron chi connectivity index (χ4n) is 22.3. The van der Waals surface area contributed by atoms with E-state index in [1.165, 1.54) is 91.7 Å². The van der Waals surface area contributed by atoms with Crippen LogP contribution in [0.15, 0.2) is 72.8 Å². The van der Waals surface area contributed by atoms with Gasteiger partial charge in [-0.15, -0.1) is 0 Å². The third-order valence-corrected chi connectivity index (χ3v) is 28.8. The van der Waals surface area contributed by atoms with E-state index in [1.807, 2.05) is 0 Å². The van der Waals surface area contributed by atoms with Gasteiger partial charge in [0.05, 0.1) is 52.1 Å². The van der Waals surface area contributed by atoms with Gasteiger partial charge in [0.25, 0.3) is 0 Å². The molecule has 0 amide bonds. The maximum absolute atomic E-state index is 16.8. The number of nitrogens with zero attached hydrogens (tertiary/aromatic N) is 3. The topological polar surface area (TPSA) is 97.6 Å². The summed E-state index contributed by atoms with van der Waals surface area (Å²) in [6.45, 7) is 0. The number of methoxy groups -OCH3 is 2. The Morgan fingerprint density at radius 3 is 0.918 bits per heavy atom. The Morgan fingerprint density at radius 1 is 0.345 bits per heavy atom. The highest BCUT2D eigenvalue weighted by Crippen LogP contribution is 2.64. The van der Waals surface area contributed by atoms with Crippen LogP contribution in [0.25, 0.3) is 0 Å². The van der Waals surface area contributed by atoms with Gasteiger partial charge >= 0.3 is 18.5 Å². The molecule has 0 radical (unpaired) electrons. The lowest BCUT2D eigenvalue weighted by atomic mass is 9.71. The van der Waals surface area contributed by atoms with Crippen LogP contribution in [0.3, 0.4) is 0 Å². The molecule has 3 heterocycles. The molecule has 3 aromatic heterocycles. The van der Waals surface area contributed by atoms with Crippen molar-refractivity contribution >= 4 is 0 Å². The Kier molecular flexibility index (Phi) is 22.3. The fourth-order valence-corrected chi connectivity index (χ4v) is 22.3. The van der Waals surface area contributed by atoms with Crippen LogP contribution < -0.4 is 0 Å². The van der Waals surface area contributed by atoms with Crippen molar-refractivity contribution in [2.24, 2.45) is 16.2 Å². The maximum Gasteiger partial charge on any atom is 0.416 e. The number of rotatable bonds is 14. The van der Waals surface area contributed by atoms with Gasteiger partial charge in [-0.3, -0.25) is 15.0 Å². The van der Waals surface area contributed by atoms with E-state index in [0.717, 1.165) is 298 Å². The van der Waals surface area contributed by atoms with Crippen molar-refractivity contribution in [2.45, 2.75) is 341 Å². The van der Waals surface area contributed by atoms with E-state index in [-0.39, 0.29) is 57.8 Å². The molecule has 12 aliphatic rings. The van der Waals surface area contributed by atoms with E-state index < -0.39 is 59.8 Å². The average Bonchev–Trinajstić information content (AvgIpc) is 1.64. The van der Waals surface area contributed by atoms with E-state index in [0.29, 0.717) is 40.4 Å². The molecule has 9 saturated carbocycles. The van der Waals surface area contributed by atoms with Crippen molar-refractivity contribution < 1.29 is 68.0 Å². The van der Waals surface area contributed by atoms with Gasteiger partial charge in [-0.2, -0.15) is 39.5 Å². The van der Waals surface area contributed by atoms with E-state index in [9.17, 15) is 49.7 Å². The van der Waals surface area contributed by atoms with Crippen LogP contribution in [0.2, 0.25) is 0 Å². The summed E-state index contributed by atoms with van der Waals surface area (Å²) in [5, 5.41) is 23.4. The maximum atomic E-state index is 16.8. The lowest BCUT2D eigenvalue weighted by molar-refractivity contribution is -0.138. The van der Waals surface area contributed by atoms with E-state index in [4.69, 9.17) is 24.4 Å².